The van der Waals surface area contributed by atoms with E-state index in [0.29, 0.717) is 13.0 Å². The molecule has 0 amide bonds. The molecule has 0 bridgehead atoms. The SMILES string of the molecule is Cc1ccc(CN[C@H](C)CCS(C)(=O)=O)cc1Cl. The normalized spacial score (nSPS) is 13.6. The number of benzene rings is 1. The first-order valence-corrected chi connectivity index (χ1v) is 8.38. The van der Waals surface area contributed by atoms with Crippen molar-refractivity contribution < 1.29 is 8.42 Å². The first-order valence-electron chi connectivity index (χ1n) is 5.94. The molecule has 0 unspecified atom stereocenters. The van der Waals surface area contributed by atoms with Gasteiger partial charge in [0.15, 0.2) is 0 Å². The summed E-state index contributed by atoms with van der Waals surface area (Å²) in [6.45, 7) is 4.65. The quantitative estimate of drug-likeness (QED) is 0.875. The molecule has 0 saturated carbocycles. The zero-order valence-corrected chi connectivity index (χ0v) is 12.6. The molecule has 18 heavy (non-hydrogen) atoms. The number of hydrogen-bond donors (Lipinski definition) is 1. The lowest BCUT2D eigenvalue weighted by Crippen LogP contribution is -2.27. The smallest absolute Gasteiger partial charge is 0.147 e. The van der Waals surface area contributed by atoms with Gasteiger partial charge in [0.25, 0.3) is 0 Å². The lowest BCUT2D eigenvalue weighted by molar-refractivity contribution is 0.527. The van der Waals surface area contributed by atoms with Crippen LogP contribution in [0.3, 0.4) is 0 Å². The van der Waals surface area contributed by atoms with Crippen LogP contribution in [-0.4, -0.2) is 26.5 Å². The van der Waals surface area contributed by atoms with Gasteiger partial charge in [0.1, 0.15) is 9.84 Å². The molecule has 0 aromatic heterocycles. The van der Waals surface area contributed by atoms with E-state index in [4.69, 9.17) is 11.6 Å². The number of aryl methyl sites for hydroxylation is 1. The monoisotopic (exact) mass is 289 g/mol. The van der Waals surface area contributed by atoms with E-state index in [1.165, 1.54) is 6.26 Å². The van der Waals surface area contributed by atoms with Gasteiger partial charge in [-0.05, 0) is 37.5 Å². The van der Waals surface area contributed by atoms with Gasteiger partial charge in [-0.2, -0.15) is 0 Å². The van der Waals surface area contributed by atoms with Crippen LogP contribution in [0.25, 0.3) is 0 Å². The lowest BCUT2D eigenvalue weighted by atomic mass is 10.1. The van der Waals surface area contributed by atoms with Crippen LogP contribution < -0.4 is 5.32 Å². The molecular formula is C13H20ClNO2S. The van der Waals surface area contributed by atoms with Crippen molar-refractivity contribution in [3.8, 4) is 0 Å². The Morgan fingerprint density at radius 1 is 1.39 bits per heavy atom. The van der Waals surface area contributed by atoms with Gasteiger partial charge >= 0.3 is 0 Å². The maximum Gasteiger partial charge on any atom is 0.147 e. The van der Waals surface area contributed by atoms with E-state index in [1.807, 2.05) is 32.0 Å². The molecule has 102 valence electrons. The van der Waals surface area contributed by atoms with E-state index in [2.05, 4.69) is 5.32 Å². The molecule has 0 aliphatic heterocycles. The molecule has 1 aromatic rings. The van der Waals surface area contributed by atoms with Crippen LogP contribution in [0.5, 0.6) is 0 Å². The van der Waals surface area contributed by atoms with Crippen LogP contribution in [0.2, 0.25) is 5.02 Å². The second kappa shape index (κ2) is 6.55. The van der Waals surface area contributed by atoms with Crippen molar-refractivity contribution in [2.24, 2.45) is 0 Å². The van der Waals surface area contributed by atoms with Crippen LogP contribution in [0.15, 0.2) is 18.2 Å². The Morgan fingerprint density at radius 3 is 2.61 bits per heavy atom. The van der Waals surface area contributed by atoms with Crippen molar-refractivity contribution in [3.05, 3.63) is 34.3 Å². The van der Waals surface area contributed by atoms with Crippen LogP contribution in [-0.2, 0) is 16.4 Å². The van der Waals surface area contributed by atoms with E-state index in [0.717, 1.165) is 16.1 Å². The summed E-state index contributed by atoms with van der Waals surface area (Å²) in [5, 5.41) is 4.06. The second-order valence-corrected chi connectivity index (χ2v) is 7.45. The summed E-state index contributed by atoms with van der Waals surface area (Å²) in [7, 11) is -2.88. The van der Waals surface area contributed by atoms with Crippen LogP contribution in [0.4, 0.5) is 0 Å². The predicted molar refractivity (Wildman–Crippen MR) is 76.8 cm³/mol. The molecule has 1 rings (SSSR count). The average molecular weight is 290 g/mol. The van der Waals surface area contributed by atoms with Gasteiger partial charge in [-0.25, -0.2) is 8.42 Å². The average Bonchev–Trinajstić information content (AvgIpc) is 2.27. The van der Waals surface area contributed by atoms with Crippen molar-refractivity contribution in [1.82, 2.24) is 5.32 Å². The minimum atomic E-state index is -2.88. The number of nitrogens with one attached hydrogen (secondary N) is 1. The lowest BCUT2D eigenvalue weighted by Gasteiger charge is -2.13. The van der Waals surface area contributed by atoms with Crippen molar-refractivity contribution >= 4 is 21.4 Å². The molecule has 3 nitrogen and oxygen atoms in total. The third kappa shape index (κ3) is 5.85. The fraction of sp³-hybridized carbons (Fsp3) is 0.538. The van der Waals surface area contributed by atoms with E-state index in [-0.39, 0.29) is 11.8 Å². The zero-order valence-electron chi connectivity index (χ0n) is 11.0. The first kappa shape index (κ1) is 15.5. The summed E-state index contributed by atoms with van der Waals surface area (Å²) in [5.74, 6) is 0.218. The molecular weight excluding hydrogens is 270 g/mol. The van der Waals surface area contributed by atoms with E-state index in [9.17, 15) is 8.42 Å². The first-order chi connectivity index (χ1) is 8.28. The number of hydrogen-bond acceptors (Lipinski definition) is 3. The Hall–Kier alpha value is -0.580. The topological polar surface area (TPSA) is 46.2 Å². The predicted octanol–water partition coefficient (Wildman–Crippen LogP) is 2.56. The molecule has 0 aliphatic rings. The van der Waals surface area contributed by atoms with Crippen molar-refractivity contribution in [3.63, 3.8) is 0 Å². The number of rotatable bonds is 6. The molecule has 0 saturated heterocycles. The standard InChI is InChI=1S/C13H20ClNO2S/c1-10-4-5-12(8-13(10)14)9-15-11(2)6-7-18(3,16)17/h4-5,8,11,15H,6-7,9H2,1-3H3/t11-/m1/s1. The highest BCUT2D eigenvalue weighted by Crippen LogP contribution is 2.16. The Morgan fingerprint density at radius 2 is 2.06 bits per heavy atom. The van der Waals surface area contributed by atoms with Crippen molar-refractivity contribution in [1.29, 1.82) is 0 Å². The largest absolute Gasteiger partial charge is 0.310 e. The van der Waals surface area contributed by atoms with Crippen LogP contribution in [0.1, 0.15) is 24.5 Å². The highest BCUT2D eigenvalue weighted by atomic mass is 35.5. The van der Waals surface area contributed by atoms with Crippen LogP contribution >= 0.6 is 11.6 Å². The third-order valence-corrected chi connectivity index (χ3v) is 4.20. The molecule has 1 aromatic carbocycles. The van der Waals surface area contributed by atoms with Gasteiger partial charge < -0.3 is 5.32 Å². The Labute approximate surface area is 114 Å². The van der Waals surface area contributed by atoms with Gasteiger partial charge in [-0.1, -0.05) is 23.7 Å². The highest BCUT2D eigenvalue weighted by Gasteiger charge is 2.07. The van der Waals surface area contributed by atoms with Gasteiger partial charge in [-0.3, -0.25) is 0 Å². The van der Waals surface area contributed by atoms with Gasteiger partial charge in [0.2, 0.25) is 0 Å². The highest BCUT2D eigenvalue weighted by molar-refractivity contribution is 7.90. The summed E-state index contributed by atoms with van der Waals surface area (Å²) >= 11 is 6.04. The zero-order chi connectivity index (χ0) is 13.8. The number of sulfone groups is 1. The van der Waals surface area contributed by atoms with Gasteiger partial charge in [0, 0.05) is 23.9 Å². The van der Waals surface area contributed by atoms with Crippen molar-refractivity contribution in [2.45, 2.75) is 32.9 Å². The van der Waals surface area contributed by atoms with Gasteiger partial charge in [0.05, 0.1) is 5.75 Å². The fourth-order valence-corrected chi connectivity index (χ4v) is 2.52. The summed E-state index contributed by atoms with van der Waals surface area (Å²) < 4.78 is 22.1. The molecule has 0 radical (unpaired) electrons. The maximum absolute atomic E-state index is 11.0. The number of halogens is 1. The Balaban J connectivity index is 2.42. The van der Waals surface area contributed by atoms with Gasteiger partial charge in [-0.15, -0.1) is 0 Å². The third-order valence-electron chi connectivity index (χ3n) is 2.81. The Kier molecular flexibility index (Phi) is 5.63. The van der Waals surface area contributed by atoms with E-state index in [1.54, 1.807) is 0 Å². The molecule has 0 spiro atoms. The summed E-state index contributed by atoms with van der Waals surface area (Å²) in [4.78, 5) is 0. The molecule has 1 atom stereocenters. The Bertz CT molecular complexity index is 500. The summed E-state index contributed by atoms with van der Waals surface area (Å²) in [6, 6.07) is 6.12. The molecule has 1 N–H and O–H groups in total. The molecule has 5 heteroatoms. The summed E-state index contributed by atoms with van der Waals surface area (Å²) in [5.41, 5.74) is 2.17. The minimum absolute atomic E-state index is 0.166. The second-order valence-electron chi connectivity index (χ2n) is 4.78. The fourth-order valence-electron chi connectivity index (χ4n) is 1.53. The van der Waals surface area contributed by atoms with E-state index >= 15 is 0 Å². The summed E-state index contributed by atoms with van der Waals surface area (Å²) in [6.07, 6.45) is 1.89. The minimum Gasteiger partial charge on any atom is -0.310 e. The molecule has 0 fully saturated rings. The molecule has 0 heterocycles. The van der Waals surface area contributed by atoms with Crippen molar-refractivity contribution in [2.75, 3.05) is 12.0 Å². The van der Waals surface area contributed by atoms with Crippen LogP contribution in [0, 0.1) is 6.92 Å². The van der Waals surface area contributed by atoms with E-state index < -0.39 is 9.84 Å². The molecule has 0 aliphatic carbocycles. The maximum atomic E-state index is 11.0.